The van der Waals surface area contributed by atoms with E-state index < -0.39 is 11.2 Å². The Balaban J connectivity index is 2.32. The summed E-state index contributed by atoms with van der Waals surface area (Å²) < 4.78 is 6.23. The summed E-state index contributed by atoms with van der Waals surface area (Å²) in [5, 5.41) is 3.12. The molecule has 7 heteroatoms. The maximum atomic E-state index is 11.8. The molecule has 0 saturated heterocycles. The van der Waals surface area contributed by atoms with Crippen LogP contribution in [0.4, 0.5) is 11.5 Å². The summed E-state index contributed by atoms with van der Waals surface area (Å²) in [5.41, 5.74) is 5.36. The fraction of sp³-hybridized carbons (Fsp3) is 0.667. The second-order valence-electron chi connectivity index (χ2n) is 5.55. The third kappa shape index (κ3) is 2.65. The lowest BCUT2D eigenvalue weighted by molar-refractivity contribution is 0.186. The molecule has 0 radical (unpaired) electrons. The molecule has 0 spiro atoms. The number of nitrogens with two attached hydrogens (primary N) is 1. The fourth-order valence-electron chi connectivity index (χ4n) is 2.02. The molecule has 7 nitrogen and oxygen atoms in total. The van der Waals surface area contributed by atoms with Crippen LogP contribution in [0.2, 0.25) is 0 Å². The lowest BCUT2D eigenvalue weighted by atomic mass is 10.2. The van der Waals surface area contributed by atoms with Gasteiger partial charge in [-0.1, -0.05) is 13.8 Å². The molecule has 1 aromatic heterocycles. The summed E-state index contributed by atoms with van der Waals surface area (Å²) in [7, 11) is 1.54. The number of nitrogens with zero attached hydrogens (tertiary/aromatic N) is 1. The second kappa shape index (κ2) is 4.73. The number of nitrogen functional groups attached to an aromatic ring is 1. The molecule has 1 fully saturated rings. The minimum Gasteiger partial charge on any atom is -0.383 e. The first kappa shape index (κ1) is 13.7. The van der Waals surface area contributed by atoms with E-state index in [2.05, 4.69) is 24.1 Å². The minimum atomic E-state index is -0.514. The molecule has 2 rings (SSSR count). The topological polar surface area (TPSA) is 102 Å². The maximum Gasteiger partial charge on any atom is 0.330 e. The highest BCUT2D eigenvalue weighted by atomic mass is 16.5. The Morgan fingerprint density at radius 2 is 2.16 bits per heavy atom. The number of hydrogen-bond acceptors (Lipinski definition) is 5. The van der Waals surface area contributed by atoms with Crippen molar-refractivity contribution in [3.05, 3.63) is 20.8 Å². The fourth-order valence-corrected chi connectivity index (χ4v) is 2.02. The average molecular weight is 268 g/mol. The van der Waals surface area contributed by atoms with E-state index in [1.54, 1.807) is 7.11 Å². The second-order valence-corrected chi connectivity index (χ2v) is 5.55. The van der Waals surface area contributed by atoms with Gasteiger partial charge in [-0.05, 0) is 11.8 Å². The van der Waals surface area contributed by atoms with Crippen molar-refractivity contribution in [3.8, 4) is 0 Å². The van der Waals surface area contributed by atoms with Crippen LogP contribution in [0.15, 0.2) is 9.59 Å². The first-order valence-electron chi connectivity index (χ1n) is 6.25. The van der Waals surface area contributed by atoms with Gasteiger partial charge < -0.3 is 15.8 Å². The zero-order valence-corrected chi connectivity index (χ0v) is 11.4. The van der Waals surface area contributed by atoms with Crippen molar-refractivity contribution >= 4 is 11.5 Å². The van der Waals surface area contributed by atoms with E-state index in [0.29, 0.717) is 13.2 Å². The van der Waals surface area contributed by atoms with E-state index >= 15 is 0 Å². The standard InChI is InChI=1S/C12H20N4O3/c1-12(2)6-7(12)14-8-9(13)16(4-5-19-3)11(18)15-10(8)17/h7,14H,4-6,13H2,1-3H3,(H,15,17,18). The molecule has 1 unspecified atom stereocenters. The molecule has 1 atom stereocenters. The molecule has 106 valence electrons. The third-order valence-corrected chi connectivity index (χ3v) is 3.59. The van der Waals surface area contributed by atoms with Crippen LogP contribution in [0.25, 0.3) is 0 Å². The first-order chi connectivity index (χ1) is 8.86. The third-order valence-electron chi connectivity index (χ3n) is 3.59. The molecule has 1 saturated carbocycles. The number of methoxy groups -OCH3 is 1. The number of nitrogens with one attached hydrogen (secondary N) is 2. The molecular weight excluding hydrogens is 248 g/mol. The van der Waals surface area contributed by atoms with Crippen LogP contribution in [0, 0.1) is 5.41 Å². The highest BCUT2D eigenvalue weighted by molar-refractivity contribution is 5.61. The molecule has 1 aliphatic rings. The van der Waals surface area contributed by atoms with Gasteiger partial charge in [-0.2, -0.15) is 0 Å². The van der Waals surface area contributed by atoms with Crippen LogP contribution in [-0.2, 0) is 11.3 Å². The Morgan fingerprint density at radius 3 is 2.68 bits per heavy atom. The zero-order valence-electron chi connectivity index (χ0n) is 11.4. The molecule has 1 heterocycles. The van der Waals surface area contributed by atoms with Crippen LogP contribution in [0.1, 0.15) is 20.3 Å². The number of hydrogen-bond donors (Lipinski definition) is 3. The molecule has 0 bridgehead atoms. The van der Waals surface area contributed by atoms with Gasteiger partial charge in [0.2, 0.25) is 0 Å². The van der Waals surface area contributed by atoms with Gasteiger partial charge in [0.05, 0.1) is 13.2 Å². The Hall–Kier alpha value is -1.76. The molecule has 1 aliphatic carbocycles. The van der Waals surface area contributed by atoms with Crippen molar-refractivity contribution in [3.63, 3.8) is 0 Å². The van der Waals surface area contributed by atoms with Crippen molar-refractivity contribution < 1.29 is 4.74 Å². The van der Waals surface area contributed by atoms with Crippen molar-refractivity contribution in [2.45, 2.75) is 32.9 Å². The Labute approximate surface area is 110 Å². The number of rotatable bonds is 5. The van der Waals surface area contributed by atoms with Gasteiger partial charge in [0, 0.05) is 13.2 Å². The Kier molecular flexibility index (Phi) is 3.40. The maximum absolute atomic E-state index is 11.8. The largest absolute Gasteiger partial charge is 0.383 e. The Morgan fingerprint density at radius 1 is 1.53 bits per heavy atom. The summed E-state index contributed by atoms with van der Waals surface area (Å²) in [6.07, 6.45) is 0.975. The van der Waals surface area contributed by atoms with Gasteiger partial charge in [-0.3, -0.25) is 14.3 Å². The van der Waals surface area contributed by atoms with E-state index in [-0.39, 0.29) is 23.0 Å². The van der Waals surface area contributed by atoms with Gasteiger partial charge >= 0.3 is 5.69 Å². The average Bonchev–Trinajstić information content (AvgIpc) is 2.92. The van der Waals surface area contributed by atoms with Gasteiger partial charge in [-0.15, -0.1) is 0 Å². The van der Waals surface area contributed by atoms with Crippen molar-refractivity contribution in [1.82, 2.24) is 9.55 Å². The van der Waals surface area contributed by atoms with E-state index in [0.717, 1.165) is 6.42 Å². The summed E-state index contributed by atoms with van der Waals surface area (Å²) in [5.74, 6) is 0.161. The van der Waals surface area contributed by atoms with Gasteiger partial charge in [0.15, 0.2) is 0 Å². The van der Waals surface area contributed by atoms with E-state index in [9.17, 15) is 9.59 Å². The van der Waals surface area contributed by atoms with Gasteiger partial charge in [0.25, 0.3) is 5.56 Å². The van der Waals surface area contributed by atoms with Gasteiger partial charge in [0.1, 0.15) is 11.5 Å². The number of H-pyrrole nitrogens is 1. The van der Waals surface area contributed by atoms with Gasteiger partial charge in [-0.25, -0.2) is 4.79 Å². The van der Waals surface area contributed by atoms with Crippen molar-refractivity contribution in [2.24, 2.45) is 5.41 Å². The van der Waals surface area contributed by atoms with E-state index in [4.69, 9.17) is 10.5 Å². The summed E-state index contributed by atoms with van der Waals surface area (Å²) >= 11 is 0. The molecule has 0 aromatic carbocycles. The molecule has 0 amide bonds. The van der Waals surface area contributed by atoms with Crippen molar-refractivity contribution in [2.75, 3.05) is 24.8 Å². The van der Waals surface area contributed by atoms with E-state index in [1.807, 2.05) is 0 Å². The number of anilines is 2. The molecule has 0 aliphatic heterocycles. The first-order valence-corrected chi connectivity index (χ1v) is 6.25. The number of aromatic amines is 1. The van der Waals surface area contributed by atoms with Crippen LogP contribution in [0.5, 0.6) is 0 Å². The summed E-state index contributed by atoms with van der Waals surface area (Å²) in [6, 6.07) is 0.212. The smallest absolute Gasteiger partial charge is 0.330 e. The summed E-state index contributed by atoms with van der Waals surface area (Å²) in [6.45, 7) is 4.87. The predicted molar refractivity (Wildman–Crippen MR) is 73.4 cm³/mol. The van der Waals surface area contributed by atoms with Crippen LogP contribution >= 0.6 is 0 Å². The highest BCUT2D eigenvalue weighted by Gasteiger charge is 2.46. The SMILES string of the molecule is COCCn1c(N)c(NC2CC2(C)C)c(=O)[nH]c1=O. The number of ether oxygens (including phenoxy) is 1. The summed E-state index contributed by atoms with van der Waals surface area (Å²) in [4.78, 5) is 25.8. The molecular formula is C12H20N4O3. The monoisotopic (exact) mass is 268 g/mol. The lowest BCUT2D eigenvalue weighted by Gasteiger charge is -2.14. The minimum absolute atomic E-state index is 0.159. The predicted octanol–water partition coefficient (Wildman–Crippen LogP) is -0.0244. The molecule has 4 N–H and O–H groups in total. The number of aromatic nitrogens is 2. The van der Waals surface area contributed by atoms with Crippen LogP contribution < -0.4 is 22.3 Å². The molecule has 19 heavy (non-hydrogen) atoms. The lowest BCUT2D eigenvalue weighted by Crippen LogP contribution is -2.35. The van der Waals surface area contributed by atoms with Crippen molar-refractivity contribution in [1.29, 1.82) is 0 Å². The van der Waals surface area contributed by atoms with Crippen LogP contribution in [-0.4, -0.2) is 29.3 Å². The Bertz CT molecular complexity index is 588. The van der Waals surface area contributed by atoms with Crippen LogP contribution in [0.3, 0.4) is 0 Å². The van der Waals surface area contributed by atoms with E-state index in [1.165, 1.54) is 4.57 Å². The molecule has 1 aromatic rings. The highest BCUT2D eigenvalue weighted by Crippen LogP contribution is 2.46. The quantitative estimate of drug-likeness (QED) is 0.696. The normalized spacial score (nSPS) is 20.3. The zero-order chi connectivity index (χ0) is 14.2.